The maximum Gasteiger partial charge on any atom is 0.415 e. The van der Waals surface area contributed by atoms with Gasteiger partial charge in [-0.3, -0.25) is 0 Å². The zero-order chi connectivity index (χ0) is 15.1. The van der Waals surface area contributed by atoms with Crippen molar-refractivity contribution in [3.63, 3.8) is 0 Å². The molecule has 2 rings (SSSR count). The second-order valence-corrected chi connectivity index (χ2v) is 6.69. The molecule has 1 unspecified atom stereocenters. The van der Waals surface area contributed by atoms with Crippen LogP contribution in [0.3, 0.4) is 0 Å². The average molecular weight is 300 g/mol. The number of likely N-dealkylation sites (N-methyl/N-ethyl adjacent to an activating group) is 1. The Kier molecular flexibility index (Phi) is 6.10. The van der Waals surface area contributed by atoms with Crippen molar-refractivity contribution >= 4 is 18.4 Å². The van der Waals surface area contributed by atoms with Crippen LogP contribution in [0.15, 0.2) is 54.6 Å². The molecule has 0 aliphatic rings. The van der Waals surface area contributed by atoms with Crippen LogP contribution in [0.2, 0.25) is 0 Å². The van der Waals surface area contributed by atoms with Gasteiger partial charge in [-0.1, -0.05) is 48.7 Å². The highest BCUT2D eigenvalue weighted by Crippen LogP contribution is 2.19. The van der Waals surface area contributed by atoms with Gasteiger partial charge in [-0.15, -0.1) is 0 Å². The summed E-state index contributed by atoms with van der Waals surface area (Å²) in [6, 6.07) is 17.9. The molecule has 0 N–H and O–H groups in total. The van der Waals surface area contributed by atoms with E-state index in [2.05, 4.69) is 30.9 Å². The highest BCUT2D eigenvalue weighted by molar-refractivity contribution is 7.61. The van der Waals surface area contributed by atoms with E-state index in [1.165, 1.54) is 5.56 Å². The van der Waals surface area contributed by atoms with Gasteiger partial charge in [0.1, 0.15) is 0 Å². The molecule has 0 aromatic heterocycles. The van der Waals surface area contributed by atoms with E-state index in [1.807, 2.05) is 42.5 Å². The van der Waals surface area contributed by atoms with Crippen LogP contribution >= 0.6 is 7.80 Å². The Bertz CT molecular complexity index is 562. The monoisotopic (exact) mass is 300 g/mol. The molecular weight excluding hydrogens is 277 g/mol. The molecule has 0 amide bonds. The minimum absolute atomic E-state index is 0.892. The average Bonchev–Trinajstić information content (AvgIpc) is 2.56. The molecule has 0 radical (unpaired) electrons. The summed E-state index contributed by atoms with van der Waals surface area (Å²) in [5, 5.41) is 1.80. The van der Waals surface area contributed by atoms with E-state index < -0.39 is 7.80 Å². The van der Waals surface area contributed by atoms with Crippen LogP contribution in [0.5, 0.6) is 0 Å². The van der Waals surface area contributed by atoms with Crippen molar-refractivity contribution in [3.05, 3.63) is 60.2 Å². The summed E-state index contributed by atoms with van der Waals surface area (Å²) < 4.78 is 12.5. The second kappa shape index (κ2) is 8.07. The lowest BCUT2D eigenvalue weighted by atomic mass is 10.1. The minimum atomic E-state index is -1.47. The largest absolute Gasteiger partial charge is 0.415 e. The fourth-order valence-electron chi connectivity index (χ4n) is 2.34. The highest BCUT2D eigenvalue weighted by Gasteiger charge is 2.22. The molecule has 0 aliphatic carbocycles. The number of rotatable bonds is 7. The van der Waals surface area contributed by atoms with Crippen molar-refractivity contribution in [1.82, 2.24) is 4.90 Å². The Morgan fingerprint density at radius 3 is 2.00 bits per heavy atom. The van der Waals surface area contributed by atoms with Gasteiger partial charge >= 0.3 is 7.80 Å². The molecule has 21 heavy (non-hydrogen) atoms. The lowest BCUT2D eigenvalue weighted by molar-refractivity contribution is 0.308. The third kappa shape index (κ3) is 4.49. The van der Waals surface area contributed by atoms with Crippen LogP contribution in [-0.2, 0) is 11.0 Å². The zero-order valence-corrected chi connectivity index (χ0v) is 13.7. The molecule has 0 spiro atoms. The van der Waals surface area contributed by atoms with Gasteiger partial charge in [0.2, 0.25) is 0 Å². The van der Waals surface area contributed by atoms with Crippen LogP contribution in [0.25, 0.3) is 0 Å². The summed E-state index contributed by atoms with van der Waals surface area (Å²) in [7, 11) is -1.47. The third-order valence-electron chi connectivity index (χ3n) is 3.77. The SMILES string of the molecule is CCN(CC)CCc1ccc([P+](=O)c2ccccc2)cc1. The Hall–Kier alpha value is -1.50. The summed E-state index contributed by atoms with van der Waals surface area (Å²) in [6.07, 6.45) is 1.05. The molecule has 1 atom stereocenters. The molecule has 2 nitrogen and oxygen atoms in total. The summed E-state index contributed by atoms with van der Waals surface area (Å²) in [4.78, 5) is 2.42. The molecule has 0 fully saturated rings. The summed E-state index contributed by atoms with van der Waals surface area (Å²) >= 11 is 0. The maximum atomic E-state index is 12.5. The molecule has 0 saturated carbocycles. The first kappa shape index (κ1) is 15.9. The Balaban J connectivity index is 2.00. The van der Waals surface area contributed by atoms with Crippen molar-refractivity contribution in [2.24, 2.45) is 0 Å². The predicted octanol–water partition coefficient (Wildman–Crippen LogP) is 3.35. The Morgan fingerprint density at radius 1 is 0.857 bits per heavy atom. The van der Waals surface area contributed by atoms with Crippen LogP contribution < -0.4 is 10.6 Å². The fraction of sp³-hybridized carbons (Fsp3) is 0.333. The molecule has 3 heteroatoms. The molecule has 0 heterocycles. The normalized spacial score (nSPS) is 11.7. The predicted molar refractivity (Wildman–Crippen MR) is 91.3 cm³/mol. The van der Waals surface area contributed by atoms with Crippen molar-refractivity contribution in [1.29, 1.82) is 0 Å². The highest BCUT2D eigenvalue weighted by atomic mass is 31.1. The molecule has 0 bridgehead atoms. The van der Waals surface area contributed by atoms with E-state index in [0.717, 1.165) is 36.7 Å². The van der Waals surface area contributed by atoms with Crippen molar-refractivity contribution < 1.29 is 4.57 Å². The Morgan fingerprint density at radius 2 is 1.43 bits per heavy atom. The van der Waals surface area contributed by atoms with Crippen molar-refractivity contribution in [2.45, 2.75) is 20.3 Å². The van der Waals surface area contributed by atoms with Gasteiger partial charge in [-0.25, -0.2) is 0 Å². The summed E-state index contributed by atoms with van der Waals surface area (Å²) in [5.74, 6) is 0. The van der Waals surface area contributed by atoms with Crippen LogP contribution in [0, 0.1) is 0 Å². The van der Waals surface area contributed by atoms with Gasteiger partial charge < -0.3 is 4.90 Å². The third-order valence-corrected chi connectivity index (χ3v) is 5.31. The first-order chi connectivity index (χ1) is 10.2. The van der Waals surface area contributed by atoms with Crippen LogP contribution in [-0.4, -0.2) is 24.5 Å². The number of hydrogen-bond donors (Lipinski definition) is 0. The first-order valence-corrected chi connectivity index (χ1v) is 8.84. The van der Waals surface area contributed by atoms with Gasteiger partial charge in [0.25, 0.3) is 0 Å². The first-order valence-electron chi connectivity index (χ1n) is 7.58. The molecule has 0 aliphatic heterocycles. The van der Waals surface area contributed by atoms with E-state index in [4.69, 9.17) is 0 Å². The smallest absolute Gasteiger partial charge is 0.304 e. The van der Waals surface area contributed by atoms with E-state index in [9.17, 15) is 4.57 Å². The number of benzene rings is 2. The van der Waals surface area contributed by atoms with Gasteiger partial charge in [-0.05, 0) is 49.3 Å². The van der Waals surface area contributed by atoms with Gasteiger partial charge in [0, 0.05) is 6.54 Å². The lowest BCUT2D eigenvalue weighted by Gasteiger charge is -2.17. The van der Waals surface area contributed by atoms with Crippen molar-refractivity contribution in [2.75, 3.05) is 19.6 Å². The summed E-state index contributed by atoms with van der Waals surface area (Å²) in [5.41, 5.74) is 1.31. The topological polar surface area (TPSA) is 20.3 Å². The second-order valence-electron chi connectivity index (χ2n) is 5.07. The molecule has 110 valence electrons. The van der Waals surface area contributed by atoms with Crippen LogP contribution in [0.1, 0.15) is 19.4 Å². The fourth-order valence-corrected chi connectivity index (χ4v) is 3.50. The van der Waals surface area contributed by atoms with E-state index >= 15 is 0 Å². The Labute approximate surface area is 128 Å². The standard InChI is InChI=1S/C18H23NOP/c1-3-19(4-2)15-14-16-10-12-18(13-11-16)21(20)17-8-6-5-7-9-17/h5-13H,3-4,14-15H2,1-2H3/q+1. The molecular formula is C18H23NOP+. The quantitative estimate of drug-likeness (QED) is 0.731. The van der Waals surface area contributed by atoms with E-state index in [0.29, 0.717) is 0 Å². The lowest BCUT2D eigenvalue weighted by Crippen LogP contribution is -2.25. The van der Waals surface area contributed by atoms with E-state index in [1.54, 1.807) is 0 Å². The van der Waals surface area contributed by atoms with Gasteiger partial charge in [0.05, 0.1) is 0 Å². The zero-order valence-electron chi connectivity index (χ0n) is 12.8. The van der Waals surface area contributed by atoms with Gasteiger partial charge in [0.15, 0.2) is 10.6 Å². The van der Waals surface area contributed by atoms with Crippen LogP contribution in [0.4, 0.5) is 0 Å². The maximum absolute atomic E-state index is 12.5. The number of nitrogens with zero attached hydrogens (tertiary/aromatic N) is 1. The van der Waals surface area contributed by atoms with Crippen molar-refractivity contribution in [3.8, 4) is 0 Å². The summed E-state index contributed by atoms with van der Waals surface area (Å²) in [6.45, 7) is 7.65. The number of hydrogen-bond acceptors (Lipinski definition) is 2. The molecule has 2 aromatic carbocycles. The molecule has 2 aromatic rings. The van der Waals surface area contributed by atoms with Gasteiger partial charge in [-0.2, -0.15) is 0 Å². The minimum Gasteiger partial charge on any atom is -0.304 e. The molecule has 0 saturated heterocycles. The van der Waals surface area contributed by atoms with E-state index in [-0.39, 0.29) is 0 Å².